The number of hydrogen-bond acceptors (Lipinski definition) is 5. The number of piperidine rings is 2. The van der Waals surface area contributed by atoms with Crippen molar-refractivity contribution in [1.82, 2.24) is 19.8 Å². The van der Waals surface area contributed by atoms with E-state index in [1.54, 1.807) is 16.2 Å². The molecular weight excluding hydrogens is 364 g/mol. The number of carbonyl (C=O) groups excluding carboxylic acids is 2. The molecule has 4 rings (SSSR count). The van der Waals surface area contributed by atoms with Crippen molar-refractivity contribution < 1.29 is 9.59 Å². The van der Waals surface area contributed by atoms with Crippen molar-refractivity contribution in [1.29, 1.82) is 0 Å². The van der Waals surface area contributed by atoms with Crippen LogP contribution in [0, 0.1) is 5.92 Å². The van der Waals surface area contributed by atoms with Gasteiger partial charge >= 0.3 is 0 Å². The molecule has 7 nitrogen and oxygen atoms in total. The highest BCUT2D eigenvalue weighted by atomic mass is 32.1. The zero-order valence-electron chi connectivity index (χ0n) is 15.0. The van der Waals surface area contributed by atoms with Crippen molar-refractivity contribution in [2.24, 2.45) is 5.92 Å². The fourth-order valence-electron chi connectivity index (χ4n) is 4.18. The summed E-state index contributed by atoms with van der Waals surface area (Å²) in [6, 6.07) is 4.32. The molecule has 0 saturated carbocycles. The summed E-state index contributed by atoms with van der Waals surface area (Å²) >= 11 is 1.72. The van der Waals surface area contributed by atoms with Gasteiger partial charge in [-0.2, -0.15) is 0 Å². The van der Waals surface area contributed by atoms with E-state index in [0.717, 1.165) is 25.8 Å². The number of fused-ring (bicyclic) bond motifs is 1. The quantitative estimate of drug-likeness (QED) is 0.863. The van der Waals surface area contributed by atoms with Crippen LogP contribution in [0.1, 0.15) is 34.5 Å². The van der Waals surface area contributed by atoms with Gasteiger partial charge in [-0.25, -0.2) is 4.98 Å². The van der Waals surface area contributed by atoms with Gasteiger partial charge in [-0.1, -0.05) is 6.07 Å². The molecule has 1 N–H and O–H groups in total. The number of amides is 2. The molecule has 0 aromatic carbocycles. The molecule has 142 valence electrons. The number of nitrogens with zero attached hydrogens (tertiary/aromatic N) is 3. The monoisotopic (exact) mass is 386 g/mol. The van der Waals surface area contributed by atoms with Crippen LogP contribution < -0.4 is 5.56 Å². The van der Waals surface area contributed by atoms with Crippen LogP contribution in [0.2, 0.25) is 0 Å². The Labute approximate surface area is 161 Å². The average Bonchev–Trinajstić information content (AvgIpc) is 3.20. The number of rotatable bonds is 4. The number of thiophene rings is 1. The molecule has 2 saturated heterocycles. The second kappa shape index (κ2) is 7.64. The van der Waals surface area contributed by atoms with Crippen LogP contribution in [-0.2, 0) is 11.2 Å². The molecule has 0 bridgehead atoms. The second-order valence-corrected chi connectivity index (χ2v) is 8.15. The van der Waals surface area contributed by atoms with Gasteiger partial charge in [0.1, 0.15) is 5.56 Å². The molecule has 0 unspecified atom stereocenters. The van der Waals surface area contributed by atoms with Gasteiger partial charge in [-0.3, -0.25) is 14.4 Å². The zero-order valence-corrected chi connectivity index (χ0v) is 15.8. The Morgan fingerprint density at radius 2 is 2.22 bits per heavy atom. The van der Waals surface area contributed by atoms with E-state index in [9.17, 15) is 14.4 Å². The van der Waals surface area contributed by atoms with Crippen LogP contribution in [0.5, 0.6) is 0 Å². The van der Waals surface area contributed by atoms with Crippen LogP contribution in [0.4, 0.5) is 0 Å². The van der Waals surface area contributed by atoms with Crippen molar-refractivity contribution in [2.75, 3.05) is 19.6 Å². The van der Waals surface area contributed by atoms with Gasteiger partial charge in [-0.05, 0) is 36.6 Å². The molecule has 4 heterocycles. The van der Waals surface area contributed by atoms with Crippen LogP contribution in [0.25, 0.3) is 0 Å². The predicted octanol–water partition coefficient (Wildman–Crippen LogP) is 1.53. The summed E-state index contributed by atoms with van der Waals surface area (Å²) < 4.78 is 0. The van der Waals surface area contributed by atoms with Gasteiger partial charge in [0.15, 0.2) is 0 Å². The summed E-state index contributed by atoms with van der Waals surface area (Å²) in [5, 5.41) is 2.06. The first-order valence-electron chi connectivity index (χ1n) is 9.27. The largest absolute Gasteiger partial charge is 0.339 e. The summed E-state index contributed by atoms with van der Waals surface area (Å²) in [7, 11) is 0. The third-order valence-electron chi connectivity index (χ3n) is 5.56. The minimum Gasteiger partial charge on any atom is -0.339 e. The molecular formula is C19H22N4O3S. The number of nitrogens with one attached hydrogen (secondary N) is 1. The van der Waals surface area contributed by atoms with E-state index < -0.39 is 5.56 Å². The summed E-state index contributed by atoms with van der Waals surface area (Å²) in [6.45, 7) is 1.87. The van der Waals surface area contributed by atoms with E-state index in [0.29, 0.717) is 19.5 Å². The van der Waals surface area contributed by atoms with Gasteiger partial charge in [0.05, 0.1) is 6.33 Å². The number of aromatic amines is 1. The van der Waals surface area contributed by atoms with Crippen molar-refractivity contribution in [3.8, 4) is 0 Å². The summed E-state index contributed by atoms with van der Waals surface area (Å²) in [6.07, 6.45) is 5.56. The lowest BCUT2D eigenvalue weighted by Crippen LogP contribution is -2.57. The highest BCUT2D eigenvalue weighted by Gasteiger charge is 2.40. The maximum atomic E-state index is 12.7. The summed E-state index contributed by atoms with van der Waals surface area (Å²) in [4.78, 5) is 48.4. The Kier molecular flexibility index (Phi) is 5.07. The lowest BCUT2D eigenvalue weighted by atomic mass is 9.83. The Morgan fingerprint density at radius 1 is 1.33 bits per heavy atom. The Balaban J connectivity index is 1.44. The van der Waals surface area contributed by atoms with Crippen LogP contribution in [0.15, 0.2) is 34.8 Å². The first-order chi connectivity index (χ1) is 13.1. The van der Waals surface area contributed by atoms with Gasteiger partial charge in [0.25, 0.3) is 11.5 Å². The van der Waals surface area contributed by atoms with E-state index in [2.05, 4.69) is 21.4 Å². The summed E-state index contributed by atoms with van der Waals surface area (Å²) in [5.74, 6) is 0.209. The third kappa shape index (κ3) is 3.66. The van der Waals surface area contributed by atoms with Crippen molar-refractivity contribution in [2.45, 2.75) is 31.7 Å². The highest BCUT2D eigenvalue weighted by Crippen LogP contribution is 2.32. The molecule has 8 heteroatoms. The lowest BCUT2D eigenvalue weighted by molar-refractivity contribution is -0.140. The maximum Gasteiger partial charge on any atom is 0.263 e. The number of carbonyl (C=O) groups is 2. The molecule has 0 radical (unpaired) electrons. The number of H-pyrrole nitrogens is 1. The lowest BCUT2D eigenvalue weighted by Gasteiger charge is -2.47. The fourth-order valence-corrected chi connectivity index (χ4v) is 4.88. The van der Waals surface area contributed by atoms with Crippen molar-refractivity contribution in [3.05, 3.63) is 50.8 Å². The fraction of sp³-hybridized carbons (Fsp3) is 0.474. The minimum absolute atomic E-state index is 0.0809. The molecule has 2 aromatic heterocycles. The highest BCUT2D eigenvalue weighted by molar-refractivity contribution is 7.09. The Hall–Kier alpha value is -2.48. The molecule has 0 aliphatic carbocycles. The normalized spacial score (nSPS) is 22.6. The molecule has 2 aliphatic heterocycles. The van der Waals surface area contributed by atoms with E-state index in [1.807, 2.05) is 11.0 Å². The van der Waals surface area contributed by atoms with E-state index >= 15 is 0 Å². The van der Waals surface area contributed by atoms with Gasteiger partial charge in [-0.15, -0.1) is 11.3 Å². The molecule has 2 fully saturated rings. The first kappa shape index (κ1) is 17.9. The molecule has 2 aromatic rings. The SMILES string of the molecule is O=C(c1cnc[nH]c1=O)N1CC[C@@H]2[C@@H](CCC(=O)N2CCc2cccs2)C1. The van der Waals surface area contributed by atoms with E-state index in [4.69, 9.17) is 0 Å². The Bertz CT molecular complexity index is 879. The first-order valence-corrected chi connectivity index (χ1v) is 10.2. The van der Waals surface area contributed by atoms with E-state index in [-0.39, 0.29) is 29.3 Å². The van der Waals surface area contributed by atoms with Gasteiger partial charge < -0.3 is 14.8 Å². The topological polar surface area (TPSA) is 86.4 Å². The van der Waals surface area contributed by atoms with Crippen molar-refractivity contribution in [3.63, 3.8) is 0 Å². The number of likely N-dealkylation sites (tertiary alicyclic amines) is 2. The van der Waals surface area contributed by atoms with E-state index in [1.165, 1.54) is 17.4 Å². The molecule has 2 atom stereocenters. The van der Waals surface area contributed by atoms with Gasteiger partial charge in [0.2, 0.25) is 5.91 Å². The zero-order chi connectivity index (χ0) is 18.8. The average molecular weight is 386 g/mol. The number of hydrogen-bond donors (Lipinski definition) is 1. The standard InChI is InChI=1S/C19H22N4O3S/c24-17-4-3-13-11-22(19(26)15-10-20-12-21-18(15)25)7-6-16(13)23(17)8-5-14-2-1-9-27-14/h1-2,9-10,12-13,16H,3-8,11H2,(H,20,21,25)/t13-,16+/m0/s1. The predicted molar refractivity (Wildman–Crippen MR) is 102 cm³/mol. The molecule has 0 spiro atoms. The Morgan fingerprint density at radius 3 is 3.00 bits per heavy atom. The number of aromatic nitrogens is 2. The smallest absolute Gasteiger partial charge is 0.263 e. The van der Waals surface area contributed by atoms with Gasteiger partial charge in [0, 0.05) is 43.2 Å². The molecule has 27 heavy (non-hydrogen) atoms. The van der Waals surface area contributed by atoms with Crippen LogP contribution >= 0.6 is 11.3 Å². The minimum atomic E-state index is -0.409. The second-order valence-electron chi connectivity index (χ2n) is 7.12. The molecule has 2 aliphatic rings. The maximum absolute atomic E-state index is 12.7. The summed E-state index contributed by atoms with van der Waals surface area (Å²) in [5.41, 5.74) is -0.328. The van der Waals surface area contributed by atoms with Crippen LogP contribution in [0.3, 0.4) is 0 Å². The van der Waals surface area contributed by atoms with Crippen molar-refractivity contribution >= 4 is 23.2 Å². The van der Waals surface area contributed by atoms with Crippen LogP contribution in [-0.4, -0.2) is 57.3 Å². The third-order valence-corrected chi connectivity index (χ3v) is 6.49. The molecule has 2 amide bonds.